The van der Waals surface area contributed by atoms with Crippen LogP contribution in [-0.4, -0.2) is 28.5 Å². The third-order valence-electron chi connectivity index (χ3n) is 2.84. The maximum Gasteiger partial charge on any atom is 0.0899 e. The fourth-order valence-corrected chi connectivity index (χ4v) is 1.67. The molecule has 0 aromatic heterocycles. The second-order valence-electron chi connectivity index (χ2n) is 3.93. The van der Waals surface area contributed by atoms with Crippen LogP contribution in [0.5, 0.6) is 0 Å². The zero-order valence-electron chi connectivity index (χ0n) is 9.92. The van der Waals surface area contributed by atoms with Crippen molar-refractivity contribution in [2.75, 3.05) is 6.54 Å². The quantitative estimate of drug-likeness (QED) is 0.663. The summed E-state index contributed by atoms with van der Waals surface area (Å²) in [6.45, 7) is 9.86. The van der Waals surface area contributed by atoms with E-state index >= 15 is 0 Å². The van der Waals surface area contributed by atoms with Gasteiger partial charge in [-0.1, -0.05) is 32.5 Å². The number of unbranched alkanes of at least 4 members (excludes halogenated alkanes) is 1. The predicted molar refractivity (Wildman–Crippen MR) is 67.6 cm³/mol. The van der Waals surface area contributed by atoms with Gasteiger partial charge in [0, 0.05) is 6.04 Å². The summed E-state index contributed by atoms with van der Waals surface area (Å²) < 4.78 is 0. The molecule has 0 saturated carbocycles. The van der Waals surface area contributed by atoms with Gasteiger partial charge in [0.05, 0.1) is 11.0 Å². The van der Waals surface area contributed by atoms with E-state index in [2.05, 4.69) is 32.6 Å². The number of nitrogens with two attached hydrogens (primary N) is 1. The molecule has 0 fully saturated rings. The highest BCUT2D eigenvalue weighted by atomic mass is 32.1. The van der Waals surface area contributed by atoms with Crippen molar-refractivity contribution in [1.29, 1.82) is 0 Å². The van der Waals surface area contributed by atoms with Crippen molar-refractivity contribution < 1.29 is 0 Å². The van der Waals surface area contributed by atoms with Gasteiger partial charge >= 0.3 is 0 Å². The van der Waals surface area contributed by atoms with Gasteiger partial charge in [-0.3, -0.25) is 4.90 Å². The summed E-state index contributed by atoms with van der Waals surface area (Å²) in [7, 11) is 0. The van der Waals surface area contributed by atoms with Crippen LogP contribution in [0.1, 0.15) is 47.0 Å². The van der Waals surface area contributed by atoms with Gasteiger partial charge in [0.2, 0.25) is 0 Å². The molecule has 0 aromatic carbocycles. The van der Waals surface area contributed by atoms with E-state index in [0.717, 1.165) is 13.0 Å². The van der Waals surface area contributed by atoms with Crippen molar-refractivity contribution in [2.45, 2.75) is 59.0 Å². The third kappa shape index (κ3) is 4.38. The van der Waals surface area contributed by atoms with E-state index in [1.807, 2.05) is 0 Å². The van der Waals surface area contributed by atoms with Crippen LogP contribution in [0.3, 0.4) is 0 Å². The average Bonchev–Trinajstić information content (AvgIpc) is 2.17. The summed E-state index contributed by atoms with van der Waals surface area (Å²) in [5.41, 5.74) is 5.69. The molecule has 0 aliphatic carbocycles. The summed E-state index contributed by atoms with van der Waals surface area (Å²) in [6, 6.07) is 0.796. The number of hydrogen-bond donors (Lipinski definition) is 1. The molecule has 0 aliphatic rings. The number of thiocarbonyl (C=S) groups is 1. The van der Waals surface area contributed by atoms with E-state index in [0.29, 0.717) is 11.0 Å². The van der Waals surface area contributed by atoms with Gasteiger partial charge in [-0.25, -0.2) is 0 Å². The first-order chi connectivity index (χ1) is 6.54. The second-order valence-corrected chi connectivity index (χ2v) is 4.40. The first kappa shape index (κ1) is 13.8. The average molecular weight is 216 g/mol. The minimum Gasteiger partial charge on any atom is -0.392 e. The molecule has 14 heavy (non-hydrogen) atoms. The van der Waals surface area contributed by atoms with Crippen molar-refractivity contribution in [3.8, 4) is 0 Å². The Balaban J connectivity index is 4.29. The van der Waals surface area contributed by atoms with Gasteiger partial charge in [-0.15, -0.1) is 0 Å². The number of rotatable bonds is 7. The van der Waals surface area contributed by atoms with Gasteiger partial charge in [-0.05, 0) is 33.2 Å². The highest BCUT2D eigenvalue weighted by molar-refractivity contribution is 7.80. The van der Waals surface area contributed by atoms with Crippen LogP contribution in [0.4, 0.5) is 0 Å². The first-order valence-corrected chi connectivity index (χ1v) is 6.00. The lowest BCUT2D eigenvalue weighted by molar-refractivity contribution is 0.183. The van der Waals surface area contributed by atoms with Crippen molar-refractivity contribution in [3.63, 3.8) is 0 Å². The second kappa shape index (κ2) is 7.18. The van der Waals surface area contributed by atoms with E-state index < -0.39 is 0 Å². The van der Waals surface area contributed by atoms with Crippen LogP contribution in [0.2, 0.25) is 0 Å². The molecule has 2 unspecified atom stereocenters. The van der Waals surface area contributed by atoms with E-state index in [1.165, 1.54) is 12.8 Å². The summed E-state index contributed by atoms with van der Waals surface area (Å²) in [6.07, 6.45) is 3.59. The lowest BCUT2D eigenvalue weighted by Gasteiger charge is -2.33. The van der Waals surface area contributed by atoms with Gasteiger partial charge in [-0.2, -0.15) is 0 Å². The zero-order chi connectivity index (χ0) is 11.1. The van der Waals surface area contributed by atoms with Crippen LogP contribution in [-0.2, 0) is 0 Å². The molecular formula is C11H24N2S. The molecule has 2 atom stereocenters. The molecule has 0 spiro atoms. The summed E-state index contributed by atoms with van der Waals surface area (Å²) in [4.78, 5) is 3.02. The molecule has 3 heteroatoms. The SMILES string of the molecule is CCCCN(C(C)CC)C(C)C(N)=S. The predicted octanol–water partition coefficient (Wildman–Crippen LogP) is 2.56. The van der Waals surface area contributed by atoms with Crippen LogP contribution in [0.25, 0.3) is 0 Å². The van der Waals surface area contributed by atoms with Gasteiger partial charge < -0.3 is 5.73 Å². The van der Waals surface area contributed by atoms with Crippen LogP contribution < -0.4 is 5.73 Å². The summed E-state index contributed by atoms with van der Waals surface area (Å²) in [5.74, 6) is 0. The standard InChI is InChI=1S/C11H24N2S/c1-5-7-8-13(9(3)6-2)10(4)11(12)14/h9-10H,5-8H2,1-4H3,(H2,12,14). The number of hydrogen-bond acceptors (Lipinski definition) is 2. The molecule has 0 aromatic rings. The molecule has 0 radical (unpaired) electrons. The molecule has 84 valence electrons. The van der Waals surface area contributed by atoms with Crippen LogP contribution in [0.15, 0.2) is 0 Å². The van der Waals surface area contributed by atoms with Crippen molar-refractivity contribution >= 4 is 17.2 Å². The Morgan fingerprint density at radius 3 is 2.29 bits per heavy atom. The Morgan fingerprint density at radius 1 is 1.36 bits per heavy atom. The third-order valence-corrected chi connectivity index (χ3v) is 3.18. The highest BCUT2D eigenvalue weighted by Gasteiger charge is 2.19. The van der Waals surface area contributed by atoms with E-state index in [-0.39, 0.29) is 6.04 Å². The molecule has 0 amide bonds. The normalized spacial score (nSPS) is 15.5. The maximum atomic E-state index is 5.69. The Bertz CT molecular complexity index is 171. The fourth-order valence-electron chi connectivity index (χ4n) is 1.53. The Labute approximate surface area is 93.8 Å². The highest BCUT2D eigenvalue weighted by Crippen LogP contribution is 2.10. The molecule has 0 bridgehead atoms. The molecule has 2 nitrogen and oxygen atoms in total. The summed E-state index contributed by atoms with van der Waals surface area (Å²) in [5, 5.41) is 0. The van der Waals surface area contributed by atoms with Crippen LogP contribution >= 0.6 is 12.2 Å². The minimum atomic E-state index is 0.228. The van der Waals surface area contributed by atoms with E-state index in [9.17, 15) is 0 Å². The molecule has 0 aliphatic heterocycles. The molecular weight excluding hydrogens is 192 g/mol. The van der Waals surface area contributed by atoms with E-state index in [4.69, 9.17) is 18.0 Å². The minimum absolute atomic E-state index is 0.228. The van der Waals surface area contributed by atoms with Crippen LogP contribution in [0, 0.1) is 0 Å². The zero-order valence-corrected chi connectivity index (χ0v) is 10.7. The monoisotopic (exact) mass is 216 g/mol. The van der Waals surface area contributed by atoms with Gasteiger partial charge in [0.1, 0.15) is 0 Å². The molecule has 0 rings (SSSR count). The Morgan fingerprint density at radius 2 is 1.93 bits per heavy atom. The molecule has 0 heterocycles. The maximum absolute atomic E-state index is 5.69. The molecule has 0 saturated heterocycles. The fraction of sp³-hybridized carbons (Fsp3) is 0.909. The van der Waals surface area contributed by atoms with Gasteiger partial charge in [0.25, 0.3) is 0 Å². The summed E-state index contributed by atoms with van der Waals surface area (Å²) >= 11 is 5.05. The largest absolute Gasteiger partial charge is 0.392 e. The van der Waals surface area contributed by atoms with Crippen molar-refractivity contribution in [1.82, 2.24) is 4.90 Å². The lowest BCUT2D eigenvalue weighted by Crippen LogP contribution is -2.46. The topological polar surface area (TPSA) is 29.3 Å². The van der Waals surface area contributed by atoms with Gasteiger partial charge in [0.15, 0.2) is 0 Å². The number of nitrogens with zero attached hydrogens (tertiary/aromatic N) is 1. The lowest BCUT2D eigenvalue weighted by atomic mass is 10.1. The van der Waals surface area contributed by atoms with Crippen molar-refractivity contribution in [2.24, 2.45) is 5.73 Å². The Kier molecular flexibility index (Phi) is 7.11. The smallest absolute Gasteiger partial charge is 0.0899 e. The molecule has 2 N–H and O–H groups in total. The van der Waals surface area contributed by atoms with Crippen molar-refractivity contribution in [3.05, 3.63) is 0 Å². The Hall–Kier alpha value is -0.150. The van der Waals surface area contributed by atoms with E-state index in [1.54, 1.807) is 0 Å². The first-order valence-electron chi connectivity index (χ1n) is 5.59.